The van der Waals surface area contributed by atoms with Crippen LogP contribution in [-0.2, 0) is 25.8 Å². The van der Waals surface area contributed by atoms with Crippen molar-refractivity contribution in [1.82, 2.24) is 4.98 Å². The summed E-state index contributed by atoms with van der Waals surface area (Å²) in [7, 11) is -3.57. The molecule has 0 saturated heterocycles. The predicted octanol–water partition coefficient (Wildman–Crippen LogP) is 3.00. The molecule has 0 aliphatic carbocycles. The van der Waals surface area contributed by atoms with Gasteiger partial charge in [0.1, 0.15) is 0 Å². The molecule has 1 aromatic heterocycles. The maximum absolute atomic E-state index is 12.4. The number of aromatic amines is 1. The Morgan fingerprint density at radius 2 is 2.04 bits per heavy atom. The Morgan fingerprint density at radius 3 is 2.67 bits per heavy atom. The Bertz CT molecular complexity index is 1100. The van der Waals surface area contributed by atoms with Crippen LogP contribution in [0.1, 0.15) is 28.9 Å². The van der Waals surface area contributed by atoms with Gasteiger partial charge in [-0.05, 0) is 43.2 Å². The SMILES string of the molecule is Cc1[nH]c(C=C2C(=O)Nc3ccc(Br)cc32)c(CCC(=O)O)c1S(C)(=O)=O. The van der Waals surface area contributed by atoms with Crippen LogP contribution >= 0.6 is 15.9 Å². The third kappa shape index (κ3) is 3.84. The summed E-state index contributed by atoms with van der Waals surface area (Å²) in [5, 5.41) is 11.8. The zero-order valence-corrected chi connectivity index (χ0v) is 17.0. The van der Waals surface area contributed by atoms with Gasteiger partial charge in [0, 0.05) is 39.8 Å². The summed E-state index contributed by atoms with van der Waals surface area (Å²) in [6, 6.07) is 5.37. The number of amides is 1. The monoisotopic (exact) mass is 452 g/mol. The molecule has 0 radical (unpaired) electrons. The second-order valence-electron chi connectivity index (χ2n) is 6.34. The maximum atomic E-state index is 12.4. The minimum absolute atomic E-state index is 0.0359. The number of carboxylic acids is 1. The maximum Gasteiger partial charge on any atom is 0.303 e. The second kappa shape index (κ2) is 6.97. The van der Waals surface area contributed by atoms with E-state index in [1.54, 1.807) is 31.2 Å². The molecular weight excluding hydrogens is 436 g/mol. The minimum Gasteiger partial charge on any atom is -0.481 e. The molecule has 9 heteroatoms. The number of aliphatic carboxylic acids is 1. The van der Waals surface area contributed by atoms with Crippen molar-refractivity contribution in [2.24, 2.45) is 0 Å². The Hall–Kier alpha value is -2.39. The lowest BCUT2D eigenvalue weighted by Crippen LogP contribution is -2.06. The molecule has 1 aromatic carbocycles. The van der Waals surface area contributed by atoms with Gasteiger partial charge < -0.3 is 15.4 Å². The molecule has 0 fully saturated rings. The largest absolute Gasteiger partial charge is 0.481 e. The van der Waals surface area contributed by atoms with E-state index in [1.165, 1.54) is 0 Å². The highest BCUT2D eigenvalue weighted by molar-refractivity contribution is 9.10. The number of hydrogen-bond acceptors (Lipinski definition) is 4. The predicted molar refractivity (Wildman–Crippen MR) is 105 cm³/mol. The van der Waals surface area contributed by atoms with Gasteiger partial charge >= 0.3 is 5.97 Å². The summed E-state index contributed by atoms with van der Waals surface area (Å²) in [5.74, 6) is -1.33. The fourth-order valence-corrected chi connectivity index (χ4v) is 4.86. The van der Waals surface area contributed by atoms with Crippen LogP contribution in [0.3, 0.4) is 0 Å². The average Bonchev–Trinajstić information content (AvgIpc) is 3.02. The number of carbonyl (C=O) groups excluding carboxylic acids is 1. The van der Waals surface area contributed by atoms with Gasteiger partial charge in [-0.15, -0.1) is 0 Å². The van der Waals surface area contributed by atoms with Crippen molar-refractivity contribution in [3.05, 3.63) is 45.2 Å². The number of anilines is 1. The first kappa shape index (κ1) is 19.4. The van der Waals surface area contributed by atoms with E-state index in [0.717, 1.165) is 10.7 Å². The molecule has 2 heterocycles. The summed E-state index contributed by atoms with van der Waals surface area (Å²) in [6.45, 7) is 1.61. The van der Waals surface area contributed by atoms with E-state index in [-0.39, 0.29) is 23.6 Å². The fourth-order valence-electron chi connectivity index (χ4n) is 3.24. The van der Waals surface area contributed by atoms with Crippen LogP contribution in [0.2, 0.25) is 0 Å². The first-order valence-corrected chi connectivity index (χ1v) is 10.7. The number of H-pyrrole nitrogens is 1. The summed E-state index contributed by atoms with van der Waals surface area (Å²) in [5.41, 5.74) is 2.94. The first-order valence-electron chi connectivity index (χ1n) is 8.04. The van der Waals surface area contributed by atoms with Crippen molar-refractivity contribution >= 4 is 55.0 Å². The van der Waals surface area contributed by atoms with Gasteiger partial charge in [0.2, 0.25) is 0 Å². The van der Waals surface area contributed by atoms with E-state index >= 15 is 0 Å². The topological polar surface area (TPSA) is 116 Å². The number of aryl methyl sites for hydroxylation is 1. The molecule has 0 unspecified atom stereocenters. The van der Waals surface area contributed by atoms with Crippen LogP contribution in [0.5, 0.6) is 0 Å². The number of carbonyl (C=O) groups is 2. The number of halogens is 1. The van der Waals surface area contributed by atoms with Gasteiger partial charge in [-0.3, -0.25) is 9.59 Å². The van der Waals surface area contributed by atoms with Crippen molar-refractivity contribution in [3.63, 3.8) is 0 Å². The van der Waals surface area contributed by atoms with Gasteiger partial charge in [-0.25, -0.2) is 8.42 Å². The molecule has 142 valence electrons. The number of rotatable bonds is 5. The zero-order chi connectivity index (χ0) is 19.9. The first-order chi connectivity index (χ1) is 12.6. The second-order valence-corrected chi connectivity index (χ2v) is 9.21. The summed E-state index contributed by atoms with van der Waals surface area (Å²) < 4.78 is 25.2. The van der Waals surface area contributed by atoms with Gasteiger partial charge in [0.15, 0.2) is 9.84 Å². The van der Waals surface area contributed by atoms with Crippen molar-refractivity contribution in [2.45, 2.75) is 24.7 Å². The van der Waals surface area contributed by atoms with E-state index in [1.807, 2.05) is 0 Å². The smallest absolute Gasteiger partial charge is 0.303 e. The standard InChI is InChI=1S/C18H17BrN2O5S/c1-9-17(27(2,25)26)11(4-6-16(22)23)15(20-9)8-13-12-7-10(19)3-5-14(12)21-18(13)24/h3,5,7-8,20H,4,6H2,1-2H3,(H,21,24)(H,22,23). The van der Waals surface area contributed by atoms with Crippen LogP contribution < -0.4 is 5.32 Å². The quantitative estimate of drug-likeness (QED) is 0.602. The van der Waals surface area contributed by atoms with Gasteiger partial charge in [-0.2, -0.15) is 0 Å². The molecule has 0 saturated carbocycles. The molecule has 3 N–H and O–H groups in total. The molecule has 1 aliphatic heterocycles. The lowest BCUT2D eigenvalue weighted by atomic mass is 10.0. The van der Waals surface area contributed by atoms with Crippen LogP contribution in [-0.4, -0.2) is 36.6 Å². The van der Waals surface area contributed by atoms with Gasteiger partial charge in [0.05, 0.1) is 10.5 Å². The highest BCUT2D eigenvalue weighted by Gasteiger charge is 2.27. The van der Waals surface area contributed by atoms with Crippen LogP contribution in [0.15, 0.2) is 27.6 Å². The number of aromatic nitrogens is 1. The van der Waals surface area contributed by atoms with Crippen LogP contribution in [0, 0.1) is 6.92 Å². The molecule has 1 aliphatic rings. The Labute approximate surface area is 164 Å². The van der Waals surface area contributed by atoms with Gasteiger partial charge in [-0.1, -0.05) is 15.9 Å². The number of carboxylic acid groups (broad SMARTS) is 1. The third-order valence-corrected chi connectivity index (χ3v) is 6.06. The van der Waals surface area contributed by atoms with E-state index in [0.29, 0.717) is 33.8 Å². The average molecular weight is 453 g/mol. The minimum atomic E-state index is -3.57. The zero-order valence-electron chi connectivity index (χ0n) is 14.6. The van der Waals surface area contributed by atoms with E-state index < -0.39 is 15.8 Å². The lowest BCUT2D eigenvalue weighted by Gasteiger charge is -2.04. The molecular formula is C18H17BrN2O5S. The van der Waals surface area contributed by atoms with E-state index in [2.05, 4.69) is 26.2 Å². The molecule has 7 nitrogen and oxygen atoms in total. The molecule has 0 spiro atoms. The number of benzene rings is 1. The van der Waals surface area contributed by atoms with Crippen molar-refractivity contribution in [2.75, 3.05) is 11.6 Å². The van der Waals surface area contributed by atoms with Crippen LogP contribution in [0.25, 0.3) is 11.6 Å². The van der Waals surface area contributed by atoms with Gasteiger partial charge in [0.25, 0.3) is 5.91 Å². The molecule has 2 aromatic rings. The van der Waals surface area contributed by atoms with E-state index in [4.69, 9.17) is 5.11 Å². The van der Waals surface area contributed by atoms with Crippen molar-refractivity contribution in [3.8, 4) is 0 Å². The summed E-state index contributed by atoms with van der Waals surface area (Å²) in [6.07, 6.45) is 2.48. The van der Waals surface area contributed by atoms with Crippen molar-refractivity contribution in [1.29, 1.82) is 0 Å². The molecule has 0 bridgehead atoms. The number of sulfone groups is 1. The fraction of sp³-hybridized carbons (Fsp3) is 0.222. The Kier molecular flexibility index (Phi) is 5.00. The number of nitrogens with one attached hydrogen (secondary N) is 2. The molecule has 1 amide bonds. The highest BCUT2D eigenvalue weighted by atomic mass is 79.9. The number of hydrogen-bond donors (Lipinski definition) is 3. The molecule has 0 atom stereocenters. The Morgan fingerprint density at radius 1 is 1.33 bits per heavy atom. The number of fused-ring (bicyclic) bond motifs is 1. The Balaban J connectivity index is 2.18. The summed E-state index contributed by atoms with van der Waals surface area (Å²) in [4.78, 5) is 26.5. The summed E-state index contributed by atoms with van der Waals surface area (Å²) >= 11 is 3.38. The normalized spacial score (nSPS) is 15.1. The highest BCUT2D eigenvalue weighted by Crippen LogP contribution is 2.36. The molecule has 3 rings (SSSR count). The van der Waals surface area contributed by atoms with Crippen molar-refractivity contribution < 1.29 is 23.1 Å². The van der Waals surface area contributed by atoms with Crippen LogP contribution in [0.4, 0.5) is 5.69 Å². The lowest BCUT2D eigenvalue weighted by molar-refractivity contribution is -0.137. The third-order valence-electron chi connectivity index (χ3n) is 4.27. The molecule has 27 heavy (non-hydrogen) atoms. The van der Waals surface area contributed by atoms with E-state index in [9.17, 15) is 18.0 Å².